The van der Waals surface area contributed by atoms with Crippen LogP contribution in [-0.4, -0.2) is 25.4 Å². The number of fused-ring (bicyclic) bond motifs is 1. The second-order valence-corrected chi connectivity index (χ2v) is 5.40. The topological polar surface area (TPSA) is 77.1 Å². The third kappa shape index (κ3) is 2.37. The Morgan fingerprint density at radius 2 is 2.19 bits per heavy atom. The van der Waals surface area contributed by atoms with Crippen molar-refractivity contribution in [2.24, 2.45) is 0 Å². The number of aromatic nitrogens is 3. The number of carbonyl (C=O) groups is 1. The zero-order valence-corrected chi connectivity index (χ0v) is 11.8. The van der Waals surface area contributed by atoms with Crippen LogP contribution < -0.4 is 5.69 Å². The van der Waals surface area contributed by atoms with Crippen LogP contribution in [-0.2, 0) is 17.8 Å². The summed E-state index contributed by atoms with van der Waals surface area (Å²) < 4.78 is 2.71. The number of aryl methyl sites for hydroxylation is 2. The summed E-state index contributed by atoms with van der Waals surface area (Å²) in [4.78, 5) is 23.7. The van der Waals surface area contributed by atoms with Crippen molar-refractivity contribution in [1.29, 1.82) is 0 Å². The van der Waals surface area contributed by atoms with Gasteiger partial charge in [0.1, 0.15) is 11.9 Å². The molecule has 2 aromatic rings. The molecule has 2 heterocycles. The van der Waals surface area contributed by atoms with E-state index in [0.29, 0.717) is 25.2 Å². The number of hydrogen-bond acceptors (Lipinski definition) is 3. The van der Waals surface area contributed by atoms with Gasteiger partial charge in [0.25, 0.3) is 0 Å². The van der Waals surface area contributed by atoms with Crippen LogP contribution in [0.4, 0.5) is 0 Å². The van der Waals surface area contributed by atoms with Gasteiger partial charge in [-0.1, -0.05) is 24.3 Å². The monoisotopic (exact) mass is 287 g/mol. The number of carboxylic acid groups (broad SMARTS) is 1. The number of rotatable bonds is 3. The predicted octanol–water partition coefficient (Wildman–Crippen LogP) is 1.36. The maximum absolute atomic E-state index is 12.4. The summed E-state index contributed by atoms with van der Waals surface area (Å²) in [5, 5.41) is 13.6. The first-order valence-electron chi connectivity index (χ1n) is 7.03. The van der Waals surface area contributed by atoms with Gasteiger partial charge < -0.3 is 5.11 Å². The summed E-state index contributed by atoms with van der Waals surface area (Å²) in [5.41, 5.74) is 1.77. The molecule has 1 aliphatic heterocycles. The lowest BCUT2D eigenvalue weighted by atomic mass is 10.1. The first-order valence-corrected chi connectivity index (χ1v) is 7.03. The smallest absolute Gasteiger partial charge is 0.347 e. The fourth-order valence-electron chi connectivity index (χ4n) is 2.82. The Bertz CT molecular complexity index is 745. The Morgan fingerprint density at radius 1 is 1.43 bits per heavy atom. The number of aliphatic carboxylic acids is 1. The maximum Gasteiger partial charge on any atom is 0.347 e. The fraction of sp³-hybridized carbons (Fsp3) is 0.400. The lowest BCUT2D eigenvalue weighted by molar-refractivity contribution is -0.141. The maximum atomic E-state index is 12.4. The van der Waals surface area contributed by atoms with Crippen molar-refractivity contribution in [3.63, 3.8) is 0 Å². The zero-order chi connectivity index (χ0) is 15.0. The molecule has 110 valence electrons. The van der Waals surface area contributed by atoms with Gasteiger partial charge in [-0.2, -0.15) is 5.10 Å². The summed E-state index contributed by atoms with van der Waals surface area (Å²) in [6.45, 7) is 2.36. The minimum Gasteiger partial charge on any atom is -0.480 e. The van der Waals surface area contributed by atoms with E-state index >= 15 is 0 Å². The standard InChI is InChI=1S/C15H17N3O3/c1-10-5-2-3-6-11(10)9-17-15(21)18-12(14(19)20)7-4-8-13(18)16-17/h2-3,5-6,12H,4,7-9H2,1H3,(H,19,20). The molecule has 0 fully saturated rings. The molecule has 1 aliphatic rings. The Kier molecular flexibility index (Phi) is 3.37. The average Bonchev–Trinajstić information content (AvgIpc) is 2.78. The van der Waals surface area contributed by atoms with Gasteiger partial charge >= 0.3 is 11.7 Å². The first-order chi connectivity index (χ1) is 10.1. The Labute approximate surface area is 121 Å². The molecule has 6 nitrogen and oxygen atoms in total. The van der Waals surface area contributed by atoms with Crippen LogP contribution in [0.2, 0.25) is 0 Å². The minimum absolute atomic E-state index is 0.333. The second kappa shape index (κ2) is 5.20. The third-order valence-corrected chi connectivity index (χ3v) is 4.00. The molecule has 1 atom stereocenters. The summed E-state index contributed by atoms with van der Waals surface area (Å²) in [6.07, 6.45) is 1.88. The molecule has 1 N–H and O–H groups in total. The molecule has 21 heavy (non-hydrogen) atoms. The Hall–Kier alpha value is -2.37. The largest absolute Gasteiger partial charge is 0.480 e. The zero-order valence-electron chi connectivity index (χ0n) is 11.8. The van der Waals surface area contributed by atoms with Gasteiger partial charge in [-0.15, -0.1) is 0 Å². The molecule has 1 aromatic heterocycles. The van der Waals surface area contributed by atoms with Crippen molar-refractivity contribution in [1.82, 2.24) is 14.3 Å². The van der Waals surface area contributed by atoms with Gasteiger partial charge in [0.05, 0.1) is 6.54 Å². The molecule has 1 aromatic carbocycles. The molecular weight excluding hydrogens is 270 g/mol. The fourth-order valence-corrected chi connectivity index (χ4v) is 2.82. The molecule has 0 radical (unpaired) electrons. The molecule has 6 heteroatoms. The highest BCUT2D eigenvalue weighted by atomic mass is 16.4. The van der Waals surface area contributed by atoms with Gasteiger partial charge in [-0.25, -0.2) is 14.3 Å². The molecule has 0 spiro atoms. The highest BCUT2D eigenvalue weighted by Crippen LogP contribution is 2.22. The molecule has 1 unspecified atom stereocenters. The molecule has 0 aliphatic carbocycles. The van der Waals surface area contributed by atoms with Crippen molar-refractivity contribution in [3.05, 3.63) is 51.7 Å². The van der Waals surface area contributed by atoms with E-state index in [2.05, 4.69) is 5.10 Å². The van der Waals surface area contributed by atoms with Crippen LogP contribution in [0, 0.1) is 6.92 Å². The lowest BCUT2D eigenvalue weighted by Gasteiger charge is -2.19. The highest BCUT2D eigenvalue weighted by Gasteiger charge is 2.30. The molecule has 0 saturated carbocycles. The van der Waals surface area contributed by atoms with Crippen LogP contribution in [0.25, 0.3) is 0 Å². The van der Waals surface area contributed by atoms with Crippen molar-refractivity contribution in [2.45, 2.75) is 38.8 Å². The van der Waals surface area contributed by atoms with Crippen LogP contribution in [0.5, 0.6) is 0 Å². The van der Waals surface area contributed by atoms with E-state index in [0.717, 1.165) is 17.5 Å². The van der Waals surface area contributed by atoms with Gasteiger partial charge in [0.15, 0.2) is 0 Å². The van der Waals surface area contributed by atoms with Crippen molar-refractivity contribution in [2.75, 3.05) is 0 Å². The quantitative estimate of drug-likeness (QED) is 0.924. The van der Waals surface area contributed by atoms with E-state index in [4.69, 9.17) is 0 Å². The number of nitrogens with zero attached hydrogens (tertiary/aromatic N) is 3. The van der Waals surface area contributed by atoms with Gasteiger partial charge in [0, 0.05) is 6.42 Å². The van der Waals surface area contributed by atoms with Gasteiger partial charge in [-0.3, -0.25) is 4.57 Å². The van der Waals surface area contributed by atoms with Crippen molar-refractivity contribution < 1.29 is 9.90 Å². The second-order valence-electron chi connectivity index (χ2n) is 5.40. The van der Waals surface area contributed by atoms with E-state index < -0.39 is 12.0 Å². The van der Waals surface area contributed by atoms with E-state index in [9.17, 15) is 14.7 Å². The Balaban J connectivity index is 2.01. The minimum atomic E-state index is -0.964. The van der Waals surface area contributed by atoms with Gasteiger partial charge in [-0.05, 0) is 30.9 Å². The molecule has 0 bridgehead atoms. The predicted molar refractivity (Wildman–Crippen MR) is 76.4 cm³/mol. The molecular formula is C15H17N3O3. The Morgan fingerprint density at radius 3 is 2.90 bits per heavy atom. The highest BCUT2D eigenvalue weighted by molar-refractivity contribution is 5.72. The van der Waals surface area contributed by atoms with E-state index in [1.54, 1.807) is 0 Å². The van der Waals surface area contributed by atoms with Crippen molar-refractivity contribution in [3.8, 4) is 0 Å². The summed E-state index contributed by atoms with van der Waals surface area (Å²) in [5.74, 6) is -0.388. The van der Waals surface area contributed by atoms with Gasteiger partial charge in [0.2, 0.25) is 0 Å². The summed E-state index contributed by atoms with van der Waals surface area (Å²) >= 11 is 0. The number of benzene rings is 1. The third-order valence-electron chi connectivity index (χ3n) is 4.00. The summed E-state index contributed by atoms with van der Waals surface area (Å²) in [7, 11) is 0. The van der Waals surface area contributed by atoms with E-state index in [1.807, 2.05) is 31.2 Å². The van der Waals surface area contributed by atoms with E-state index in [1.165, 1.54) is 9.25 Å². The normalized spacial score (nSPS) is 17.5. The van der Waals surface area contributed by atoms with Crippen LogP contribution in [0.15, 0.2) is 29.1 Å². The number of hydrogen-bond donors (Lipinski definition) is 1. The SMILES string of the molecule is Cc1ccccc1Cn1nc2n(c1=O)C(C(=O)O)CCC2. The summed E-state index contributed by atoms with van der Waals surface area (Å²) in [6, 6.07) is 7.02. The first kappa shape index (κ1) is 13.6. The van der Waals surface area contributed by atoms with Crippen LogP contribution in [0.3, 0.4) is 0 Å². The lowest BCUT2D eigenvalue weighted by Crippen LogP contribution is -2.34. The average molecular weight is 287 g/mol. The molecule has 0 amide bonds. The number of carboxylic acids is 1. The van der Waals surface area contributed by atoms with Crippen molar-refractivity contribution >= 4 is 5.97 Å². The molecule has 0 saturated heterocycles. The van der Waals surface area contributed by atoms with Crippen LogP contribution in [0.1, 0.15) is 35.8 Å². The van der Waals surface area contributed by atoms with Crippen LogP contribution >= 0.6 is 0 Å². The molecule has 3 rings (SSSR count). The van der Waals surface area contributed by atoms with E-state index in [-0.39, 0.29) is 5.69 Å².